The van der Waals surface area contributed by atoms with Gasteiger partial charge in [0, 0.05) is 11.4 Å². The number of benzene rings is 3. The lowest BCUT2D eigenvalue weighted by molar-refractivity contribution is -0.115. The van der Waals surface area contributed by atoms with Crippen molar-refractivity contribution in [2.75, 3.05) is 10.2 Å². The van der Waals surface area contributed by atoms with E-state index in [0.717, 1.165) is 16.7 Å². The number of nitrogens with zero attached hydrogens (tertiary/aromatic N) is 1. The average Bonchev–Trinajstić information content (AvgIpc) is 3.34. The predicted octanol–water partition coefficient (Wildman–Crippen LogP) is 5.76. The standard InChI is InChI=1S/C27H23FN2O3/c1-19-7-9-21(10-8-19)18-30(27(32)25-6-3-15-33-25)24-13-11-20(12-14-24)16-26(31)29-23-5-2-4-22(28)17-23/h2-15,17H,16,18H2,1H3,(H,29,31). The van der Waals surface area contributed by atoms with Gasteiger partial charge < -0.3 is 14.6 Å². The molecule has 0 atom stereocenters. The third kappa shape index (κ3) is 5.74. The molecule has 4 rings (SSSR count). The lowest BCUT2D eigenvalue weighted by Crippen LogP contribution is -2.30. The van der Waals surface area contributed by atoms with Crippen molar-refractivity contribution in [1.29, 1.82) is 0 Å². The Bertz CT molecular complexity index is 1230. The Morgan fingerprint density at radius 2 is 1.64 bits per heavy atom. The zero-order valence-electron chi connectivity index (χ0n) is 18.1. The summed E-state index contributed by atoms with van der Waals surface area (Å²) in [7, 11) is 0. The van der Waals surface area contributed by atoms with Crippen LogP contribution < -0.4 is 10.2 Å². The fourth-order valence-corrected chi connectivity index (χ4v) is 3.44. The van der Waals surface area contributed by atoms with Gasteiger partial charge in [0.15, 0.2) is 5.76 Å². The molecule has 0 saturated carbocycles. The Balaban J connectivity index is 1.50. The summed E-state index contributed by atoms with van der Waals surface area (Å²) in [5.74, 6) is -0.665. The Kier molecular flexibility index (Phi) is 6.64. The summed E-state index contributed by atoms with van der Waals surface area (Å²) < 4.78 is 18.6. The molecular weight excluding hydrogens is 419 g/mol. The van der Waals surface area contributed by atoms with Crippen LogP contribution in [0.1, 0.15) is 27.2 Å². The molecule has 2 amide bonds. The molecule has 1 heterocycles. The second-order valence-electron chi connectivity index (χ2n) is 7.76. The summed E-state index contributed by atoms with van der Waals surface area (Å²) in [6, 6.07) is 24.3. The first kappa shape index (κ1) is 22.0. The zero-order chi connectivity index (χ0) is 23.2. The normalized spacial score (nSPS) is 10.6. The van der Waals surface area contributed by atoms with Crippen molar-refractivity contribution in [3.8, 4) is 0 Å². The van der Waals surface area contributed by atoms with E-state index in [4.69, 9.17) is 4.42 Å². The van der Waals surface area contributed by atoms with Crippen molar-refractivity contribution in [3.63, 3.8) is 0 Å². The Labute approximate surface area is 191 Å². The van der Waals surface area contributed by atoms with Gasteiger partial charge in [0.25, 0.3) is 5.91 Å². The molecule has 0 spiro atoms. The van der Waals surface area contributed by atoms with Crippen LogP contribution >= 0.6 is 0 Å². The third-order valence-corrected chi connectivity index (χ3v) is 5.16. The van der Waals surface area contributed by atoms with Crippen molar-refractivity contribution < 1.29 is 18.4 Å². The van der Waals surface area contributed by atoms with E-state index in [0.29, 0.717) is 17.9 Å². The van der Waals surface area contributed by atoms with Gasteiger partial charge in [-0.05, 0) is 60.5 Å². The van der Waals surface area contributed by atoms with Gasteiger partial charge in [-0.1, -0.05) is 48.0 Å². The summed E-state index contributed by atoms with van der Waals surface area (Å²) in [6.07, 6.45) is 1.60. The summed E-state index contributed by atoms with van der Waals surface area (Å²) in [5, 5.41) is 2.69. The molecule has 5 nitrogen and oxygen atoms in total. The molecule has 0 bridgehead atoms. The van der Waals surface area contributed by atoms with Crippen LogP contribution in [0.4, 0.5) is 15.8 Å². The number of furan rings is 1. The van der Waals surface area contributed by atoms with Crippen LogP contribution in [0.15, 0.2) is 95.6 Å². The topological polar surface area (TPSA) is 62.6 Å². The number of hydrogen-bond acceptors (Lipinski definition) is 3. The van der Waals surface area contributed by atoms with Crippen LogP contribution in [0.3, 0.4) is 0 Å². The van der Waals surface area contributed by atoms with Crippen LogP contribution in [0.5, 0.6) is 0 Å². The smallest absolute Gasteiger partial charge is 0.294 e. The molecule has 6 heteroatoms. The molecule has 1 aromatic heterocycles. The lowest BCUT2D eigenvalue weighted by Gasteiger charge is -2.22. The molecule has 1 N–H and O–H groups in total. The largest absolute Gasteiger partial charge is 0.459 e. The number of amides is 2. The van der Waals surface area contributed by atoms with Crippen LogP contribution in [0.25, 0.3) is 0 Å². The highest BCUT2D eigenvalue weighted by Crippen LogP contribution is 2.22. The maximum absolute atomic E-state index is 13.3. The summed E-state index contributed by atoms with van der Waals surface area (Å²) >= 11 is 0. The monoisotopic (exact) mass is 442 g/mol. The van der Waals surface area contributed by atoms with Gasteiger partial charge >= 0.3 is 0 Å². The lowest BCUT2D eigenvalue weighted by atomic mass is 10.1. The van der Waals surface area contributed by atoms with Crippen molar-refractivity contribution in [1.82, 2.24) is 0 Å². The van der Waals surface area contributed by atoms with Crippen LogP contribution in [0, 0.1) is 12.7 Å². The molecule has 0 aliphatic rings. The molecule has 0 fully saturated rings. The highest BCUT2D eigenvalue weighted by Gasteiger charge is 2.20. The first-order valence-electron chi connectivity index (χ1n) is 10.5. The van der Waals surface area contributed by atoms with Crippen LogP contribution in [0.2, 0.25) is 0 Å². The van der Waals surface area contributed by atoms with Crippen molar-refractivity contribution in [3.05, 3.63) is 119 Å². The number of carbonyl (C=O) groups is 2. The van der Waals surface area contributed by atoms with E-state index in [1.54, 1.807) is 53.4 Å². The van der Waals surface area contributed by atoms with Crippen LogP contribution in [-0.2, 0) is 17.8 Å². The predicted molar refractivity (Wildman–Crippen MR) is 126 cm³/mol. The number of hydrogen-bond donors (Lipinski definition) is 1. The molecule has 0 aliphatic heterocycles. The Morgan fingerprint density at radius 3 is 2.30 bits per heavy atom. The third-order valence-electron chi connectivity index (χ3n) is 5.16. The molecular formula is C27H23FN2O3. The van der Waals surface area contributed by atoms with Crippen molar-refractivity contribution in [2.24, 2.45) is 0 Å². The fourth-order valence-electron chi connectivity index (χ4n) is 3.44. The first-order valence-corrected chi connectivity index (χ1v) is 10.5. The molecule has 3 aromatic carbocycles. The van der Waals surface area contributed by atoms with Crippen molar-refractivity contribution in [2.45, 2.75) is 19.9 Å². The Hall–Kier alpha value is -4.19. The molecule has 0 unspecified atom stereocenters. The minimum absolute atomic E-state index is 0.126. The van der Waals surface area contributed by atoms with Gasteiger partial charge in [-0.3, -0.25) is 9.59 Å². The molecule has 0 saturated heterocycles. The average molecular weight is 442 g/mol. The number of anilines is 2. The van der Waals surface area contributed by atoms with Gasteiger partial charge in [-0.25, -0.2) is 4.39 Å². The number of nitrogens with one attached hydrogen (secondary N) is 1. The Morgan fingerprint density at radius 1 is 0.909 bits per heavy atom. The second kappa shape index (κ2) is 9.96. The minimum Gasteiger partial charge on any atom is -0.459 e. The number of carbonyl (C=O) groups excluding carboxylic acids is 2. The summed E-state index contributed by atoms with van der Waals surface area (Å²) in [5.41, 5.74) is 3.99. The van der Waals surface area contributed by atoms with E-state index in [2.05, 4.69) is 5.32 Å². The van der Waals surface area contributed by atoms with Gasteiger partial charge in [0.1, 0.15) is 5.82 Å². The van der Waals surface area contributed by atoms with Gasteiger partial charge in [0.05, 0.1) is 19.2 Å². The van der Waals surface area contributed by atoms with Crippen molar-refractivity contribution >= 4 is 23.2 Å². The molecule has 0 radical (unpaired) electrons. The van der Waals surface area contributed by atoms with E-state index in [9.17, 15) is 14.0 Å². The first-order chi connectivity index (χ1) is 16.0. The zero-order valence-corrected chi connectivity index (χ0v) is 18.1. The minimum atomic E-state index is -0.410. The fraction of sp³-hybridized carbons (Fsp3) is 0.111. The second-order valence-corrected chi connectivity index (χ2v) is 7.76. The van der Waals surface area contributed by atoms with Gasteiger partial charge in [0.2, 0.25) is 5.91 Å². The van der Waals surface area contributed by atoms with E-state index >= 15 is 0 Å². The van der Waals surface area contributed by atoms with E-state index in [-0.39, 0.29) is 24.0 Å². The molecule has 4 aromatic rings. The number of halogens is 1. The van der Waals surface area contributed by atoms with E-state index < -0.39 is 5.82 Å². The molecule has 0 aliphatic carbocycles. The summed E-state index contributed by atoms with van der Waals surface area (Å²) in [6.45, 7) is 2.39. The highest BCUT2D eigenvalue weighted by atomic mass is 19.1. The van der Waals surface area contributed by atoms with Gasteiger partial charge in [-0.2, -0.15) is 0 Å². The van der Waals surface area contributed by atoms with Crippen LogP contribution in [-0.4, -0.2) is 11.8 Å². The maximum Gasteiger partial charge on any atom is 0.294 e. The molecule has 166 valence electrons. The van der Waals surface area contributed by atoms with E-state index in [1.165, 1.54) is 18.4 Å². The summed E-state index contributed by atoms with van der Waals surface area (Å²) in [4.78, 5) is 27.1. The quantitative estimate of drug-likeness (QED) is 0.396. The maximum atomic E-state index is 13.3. The highest BCUT2D eigenvalue weighted by molar-refractivity contribution is 6.04. The molecule has 33 heavy (non-hydrogen) atoms. The van der Waals surface area contributed by atoms with Gasteiger partial charge in [-0.15, -0.1) is 0 Å². The SMILES string of the molecule is Cc1ccc(CN(C(=O)c2ccco2)c2ccc(CC(=O)Nc3cccc(F)c3)cc2)cc1. The van der Waals surface area contributed by atoms with E-state index in [1.807, 2.05) is 31.2 Å². The number of aryl methyl sites for hydroxylation is 1. The number of rotatable bonds is 7.